The first-order valence-corrected chi connectivity index (χ1v) is 8.81. The number of piperidine rings is 1. The summed E-state index contributed by atoms with van der Waals surface area (Å²) < 4.78 is 2.32. The van der Waals surface area contributed by atoms with Gasteiger partial charge in [0.15, 0.2) is 0 Å². The average molecular weight is 333 g/mol. The highest BCUT2D eigenvalue weighted by Crippen LogP contribution is 2.33. The van der Waals surface area contributed by atoms with Gasteiger partial charge in [-0.2, -0.15) is 0 Å². The molecule has 4 rings (SSSR count). The molecule has 0 saturated carbocycles. The van der Waals surface area contributed by atoms with Gasteiger partial charge < -0.3 is 0 Å². The molecular weight excluding hydrogens is 313 g/mol. The van der Waals surface area contributed by atoms with Gasteiger partial charge in [-0.1, -0.05) is 45.8 Å². The van der Waals surface area contributed by atoms with Gasteiger partial charge in [0.2, 0.25) is 0 Å². The van der Waals surface area contributed by atoms with E-state index in [0.29, 0.717) is 0 Å². The van der Waals surface area contributed by atoms with Gasteiger partial charge in [0.1, 0.15) is 0 Å². The van der Waals surface area contributed by atoms with E-state index in [4.69, 9.17) is 0 Å². The van der Waals surface area contributed by atoms with E-state index >= 15 is 0 Å². The highest BCUT2D eigenvalue weighted by atomic mass is 31.0. The fourth-order valence-electron chi connectivity index (χ4n) is 3.40. The molecule has 0 radical (unpaired) electrons. The normalized spacial score (nSPS) is 17.9. The average Bonchev–Trinajstić information content (AvgIpc) is 2.63. The summed E-state index contributed by atoms with van der Waals surface area (Å²) in [4.78, 5) is 8.87. The Morgan fingerprint density at radius 1 is 0.917 bits per heavy atom. The van der Waals surface area contributed by atoms with Crippen molar-refractivity contribution < 1.29 is 0 Å². The van der Waals surface area contributed by atoms with Crippen LogP contribution in [0.15, 0.2) is 66.5 Å². The van der Waals surface area contributed by atoms with Gasteiger partial charge in [0.05, 0.1) is 11.0 Å². The van der Waals surface area contributed by atoms with E-state index in [1.807, 2.05) is 0 Å². The first kappa shape index (κ1) is 15.4. The molecule has 1 aromatic heterocycles. The topological polar surface area (TPSA) is 29.0 Å². The lowest BCUT2D eigenvalue weighted by molar-refractivity contribution is 0.443. The van der Waals surface area contributed by atoms with Crippen LogP contribution < -0.4 is 0 Å². The predicted molar refractivity (Wildman–Crippen MR) is 103 cm³/mol. The van der Waals surface area contributed by atoms with E-state index in [-0.39, 0.29) is 0 Å². The molecule has 1 atom stereocenters. The highest BCUT2D eigenvalue weighted by molar-refractivity contribution is 7.13. The monoisotopic (exact) mass is 333 g/mol. The highest BCUT2D eigenvalue weighted by Gasteiger charge is 2.17. The standard InChI is InChI=1S/C20H20N3P/c24-23-12-4-7-17(14-23)20(15-5-2-1-3-6-15)16-8-9-18-19(13-16)22-11-10-21-18/h1-3,5-6,8-11,13H,4,7,12,14,24H2/b20-17-. The van der Waals surface area contributed by atoms with Crippen molar-refractivity contribution in [3.05, 3.63) is 77.6 Å². The second kappa shape index (κ2) is 6.80. The van der Waals surface area contributed by atoms with E-state index in [1.165, 1.54) is 28.7 Å². The van der Waals surface area contributed by atoms with Crippen LogP contribution >= 0.6 is 9.39 Å². The molecule has 2 aromatic carbocycles. The van der Waals surface area contributed by atoms with Crippen molar-refractivity contribution in [3.63, 3.8) is 0 Å². The summed E-state index contributed by atoms with van der Waals surface area (Å²) >= 11 is 0. The van der Waals surface area contributed by atoms with Crippen LogP contribution in [0.2, 0.25) is 0 Å². The third kappa shape index (κ3) is 3.10. The summed E-state index contributed by atoms with van der Waals surface area (Å²) in [5.74, 6) is 0. The van der Waals surface area contributed by atoms with Crippen LogP contribution in [0.25, 0.3) is 16.6 Å². The number of fused-ring (bicyclic) bond motifs is 1. The first-order valence-electron chi connectivity index (χ1n) is 8.29. The van der Waals surface area contributed by atoms with Gasteiger partial charge in [0, 0.05) is 25.5 Å². The molecule has 24 heavy (non-hydrogen) atoms. The maximum Gasteiger partial charge on any atom is 0.0892 e. The van der Waals surface area contributed by atoms with Crippen LogP contribution in [0, 0.1) is 0 Å². The van der Waals surface area contributed by atoms with Crippen LogP contribution in [0.5, 0.6) is 0 Å². The SMILES string of the molecule is PN1CCC/C(=C(\c2ccccc2)c2ccc3nccnc3c2)C1. The molecule has 0 bridgehead atoms. The largest absolute Gasteiger partial charge is 0.283 e. The molecule has 0 spiro atoms. The number of aromatic nitrogens is 2. The smallest absolute Gasteiger partial charge is 0.0892 e. The number of rotatable bonds is 2. The van der Waals surface area contributed by atoms with Gasteiger partial charge in [0.25, 0.3) is 0 Å². The maximum absolute atomic E-state index is 4.48. The van der Waals surface area contributed by atoms with Gasteiger partial charge in [-0.25, -0.2) is 0 Å². The number of hydrogen-bond acceptors (Lipinski definition) is 3. The third-order valence-corrected chi connectivity index (χ3v) is 4.93. The molecule has 1 aliphatic heterocycles. The fraction of sp³-hybridized carbons (Fsp3) is 0.200. The number of nitrogens with zero attached hydrogens (tertiary/aromatic N) is 3. The zero-order valence-corrected chi connectivity index (χ0v) is 14.7. The second-order valence-corrected chi connectivity index (χ2v) is 6.91. The van der Waals surface area contributed by atoms with Crippen LogP contribution in [0.3, 0.4) is 0 Å². The molecule has 120 valence electrons. The third-order valence-electron chi connectivity index (χ3n) is 4.49. The molecule has 2 heterocycles. The number of benzene rings is 2. The van der Waals surface area contributed by atoms with Crippen molar-refractivity contribution in [3.8, 4) is 0 Å². The molecule has 1 unspecified atom stereocenters. The van der Waals surface area contributed by atoms with Crippen molar-refractivity contribution in [2.24, 2.45) is 0 Å². The first-order chi connectivity index (χ1) is 11.8. The molecule has 1 aliphatic rings. The fourth-order valence-corrected chi connectivity index (χ4v) is 3.80. The minimum atomic E-state index is 0.940. The molecule has 3 nitrogen and oxygen atoms in total. The Kier molecular flexibility index (Phi) is 4.38. The molecule has 3 aromatic rings. The Morgan fingerprint density at radius 2 is 1.71 bits per heavy atom. The van der Waals surface area contributed by atoms with Crippen LogP contribution in [0.4, 0.5) is 0 Å². The second-order valence-electron chi connectivity index (χ2n) is 6.18. The summed E-state index contributed by atoms with van der Waals surface area (Å²) in [6.07, 6.45) is 5.84. The van der Waals surface area contributed by atoms with Gasteiger partial charge in [-0.15, -0.1) is 0 Å². The quantitative estimate of drug-likeness (QED) is 0.654. The summed E-state index contributed by atoms with van der Waals surface area (Å²) in [5, 5.41) is 0. The number of hydrogen-bond donors (Lipinski definition) is 0. The summed E-state index contributed by atoms with van der Waals surface area (Å²) in [7, 11) is 2.85. The molecule has 4 heteroatoms. The van der Waals surface area contributed by atoms with Crippen LogP contribution in [-0.2, 0) is 0 Å². The lowest BCUT2D eigenvalue weighted by Crippen LogP contribution is -2.22. The lowest BCUT2D eigenvalue weighted by Gasteiger charge is -2.27. The zero-order chi connectivity index (χ0) is 16.4. The Bertz CT molecular complexity index is 890. The summed E-state index contributed by atoms with van der Waals surface area (Å²) in [6.45, 7) is 2.13. The zero-order valence-electron chi connectivity index (χ0n) is 13.5. The Hall–Kier alpha value is -2.09. The maximum atomic E-state index is 4.48. The minimum absolute atomic E-state index is 0.940. The predicted octanol–water partition coefficient (Wildman–Crippen LogP) is 4.32. The molecule has 0 aliphatic carbocycles. The van der Waals surface area contributed by atoms with Gasteiger partial charge in [-0.05, 0) is 47.2 Å². The molecule has 1 saturated heterocycles. The molecular formula is C20H20N3P. The minimum Gasteiger partial charge on any atom is -0.283 e. The van der Waals surface area contributed by atoms with Crippen molar-refractivity contribution >= 4 is 26.0 Å². The van der Waals surface area contributed by atoms with Crippen molar-refractivity contribution in [2.75, 3.05) is 13.1 Å². The van der Waals surface area contributed by atoms with E-state index < -0.39 is 0 Å². The Balaban J connectivity index is 1.90. The van der Waals surface area contributed by atoms with Gasteiger partial charge in [-0.3, -0.25) is 14.6 Å². The molecule has 1 fully saturated rings. The Labute approximate surface area is 144 Å². The lowest BCUT2D eigenvalue weighted by atomic mass is 9.89. The van der Waals surface area contributed by atoms with Crippen molar-refractivity contribution in [1.82, 2.24) is 14.6 Å². The van der Waals surface area contributed by atoms with E-state index in [1.54, 1.807) is 12.4 Å². The molecule has 0 amide bonds. The van der Waals surface area contributed by atoms with Crippen molar-refractivity contribution in [2.45, 2.75) is 12.8 Å². The summed E-state index contributed by atoms with van der Waals surface area (Å²) in [6, 6.07) is 17.1. The van der Waals surface area contributed by atoms with Crippen molar-refractivity contribution in [1.29, 1.82) is 0 Å². The summed E-state index contributed by atoms with van der Waals surface area (Å²) in [5.41, 5.74) is 7.22. The Morgan fingerprint density at radius 3 is 2.50 bits per heavy atom. The van der Waals surface area contributed by atoms with Crippen LogP contribution in [0.1, 0.15) is 24.0 Å². The van der Waals surface area contributed by atoms with Crippen LogP contribution in [-0.4, -0.2) is 27.7 Å². The van der Waals surface area contributed by atoms with E-state index in [2.05, 4.69) is 72.6 Å². The molecule has 0 N–H and O–H groups in total. The van der Waals surface area contributed by atoms with E-state index in [9.17, 15) is 0 Å². The van der Waals surface area contributed by atoms with E-state index in [0.717, 1.165) is 30.5 Å². The van der Waals surface area contributed by atoms with Gasteiger partial charge >= 0.3 is 0 Å².